The zero-order chi connectivity index (χ0) is 11.0. The molecule has 0 aliphatic carbocycles. The number of benzene rings is 1. The van der Waals surface area contributed by atoms with E-state index in [0.29, 0.717) is 0 Å². The molecule has 0 N–H and O–H groups in total. The van der Waals surface area contributed by atoms with Crippen molar-refractivity contribution in [2.45, 2.75) is 0 Å². The highest BCUT2D eigenvalue weighted by Crippen LogP contribution is 2.25. The van der Waals surface area contributed by atoms with E-state index in [1.165, 1.54) is 0 Å². The van der Waals surface area contributed by atoms with Crippen molar-refractivity contribution in [2.24, 2.45) is 0 Å². The van der Waals surface area contributed by atoms with Gasteiger partial charge in [-0.3, -0.25) is 4.98 Å². The van der Waals surface area contributed by atoms with E-state index in [9.17, 15) is 0 Å². The van der Waals surface area contributed by atoms with E-state index in [-0.39, 0.29) is 0 Å². The number of hydrogen-bond donors (Lipinski definition) is 0. The van der Waals surface area contributed by atoms with Crippen molar-refractivity contribution >= 4 is 26.8 Å². The van der Waals surface area contributed by atoms with Gasteiger partial charge in [-0.05, 0) is 24.3 Å². The fourth-order valence-electron chi connectivity index (χ4n) is 1.68. The van der Waals surface area contributed by atoms with Crippen molar-refractivity contribution < 1.29 is 0 Å². The minimum absolute atomic E-state index is 0.961. The van der Waals surface area contributed by atoms with Crippen LogP contribution in [-0.2, 0) is 0 Å². The zero-order valence-electron chi connectivity index (χ0n) is 8.34. The molecule has 0 unspecified atom stereocenters. The zero-order valence-corrected chi connectivity index (χ0v) is 9.92. The van der Waals surface area contributed by atoms with Gasteiger partial charge in [0.05, 0.1) is 11.2 Å². The number of aromatic nitrogens is 3. The van der Waals surface area contributed by atoms with Crippen LogP contribution in [0.1, 0.15) is 0 Å². The van der Waals surface area contributed by atoms with Crippen LogP contribution in [0.15, 0.2) is 53.4 Å². The molecule has 1 aromatic carbocycles. The van der Waals surface area contributed by atoms with E-state index >= 15 is 0 Å². The molecule has 0 fully saturated rings. The smallest absolute Gasteiger partial charge is 0.0734 e. The molecular formula is C12H8BrN3. The van der Waals surface area contributed by atoms with Crippen LogP contribution in [0.3, 0.4) is 0 Å². The molecule has 0 aliphatic heterocycles. The molecule has 2 heterocycles. The first kappa shape index (κ1) is 9.54. The van der Waals surface area contributed by atoms with Gasteiger partial charge in [0, 0.05) is 28.4 Å². The molecule has 2 aromatic heterocycles. The minimum Gasteiger partial charge on any atom is -0.256 e. The van der Waals surface area contributed by atoms with Crippen LogP contribution in [0.25, 0.3) is 16.6 Å². The number of rotatable bonds is 1. The van der Waals surface area contributed by atoms with Crippen LogP contribution in [0.5, 0.6) is 0 Å². The highest BCUT2D eigenvalue weighted by Gasteiger charge is 2.03. The quantitative estimate of drug-likeness (QED) is 0.682. The summed E-state index contributed by atoms with van der Waals surface area (Å²) >= 11 is 3.55. The lowest BCUT2D eigenvalue weighted by atomic mass is 10.2. The van der Waals surface area contributed by atoms with Crippen LogP contribution in [-0.4, -0.2) is 14.8 Å². The molecule has 3 nitrogen and oxygen atoms in total. The predicted molar refractivity (Wildman–Crippen MR) is 66.6 cm³/mol. The lowest BCUT2D eigenvalue weighted by Gasteiger charge is -2.05. The Labute approximate surface area is 101 Å². The molecule has 0 spiro atoms. The van der Waals surface area contributed by atoms with E-state index in [1.54, 1.807) is 12.4 Å². The molecule has 0 aliphatic rings. The molecule has 0 bridgehead atoms. The molecule has 0 saturated carbocycles. The summed E-state index contributed by atoms with van der Waals surface area (Å²) in [6, 6.07) is 9.93. The Morgan fingerprint density at radius 3 is 2.88 bits per heavy atom. The summed E-state index contributed by atoms with van der Waals surface area (Å²) in [5, 5.41) is 5.31. The molecular weight excluding hydrogens is 266 g/mol. The van der Waals surface area contributed by atoms with Crippen LogP contribution < -0.4 is 0 Å². The molecule has 0 saturated heterocycles. The summed E-state index contributed by atoms with van der Waals surface area (Å²) in [6.07, 6.45) is 5.47. The van der Waals surface area contributed by atoms with Gasteiger partial charge in [0.25, 0.3) is 0 Å². The fraction of sp³-hybridized carbons (Fsp3) is 0. The van der Waals surface area contributed by atoms with Gasteiger partial charge in [-0.1, -0.05) is 22.0 Å². The summed E-state index contributed by atoms with van der Waals surface area (Å²) in [7, 11) is 0. The van der Waals surface area contributed by atoms with Gasteiger partial charge in [0.15, 0.2) is 0 Å². The second kappa shape index (κ2) is 3.72. The fourth-order valence-corrected chi connectivity index (χ4v) is 2.25. The first-order valence-electron chi connectivity index (χ1n) is 4.89. The van der Waals surface area contributed by atoms with Gasteiger partial charge in [0.1, 0.15) is 0 Å². The van der Waals surface area contributed by atoms with Gasteiger partial charge in [-0.2, -0.15) is 5.10 Å². The van der Waals surface area contributed by atoms with E-state index < -0.39 is 0 Å². The molecule has 3 rings (SSSR count). The van der Waals surface area contributed by atoms with Gasteiger partial charge in [0.2, 0.25) is 0 Å². The monoisotopic (exact) mass is 273 g/mol. The average Bonchev–Trinajstić information content (AvgIpc) is 2.82. The minimum atomic E-state index is 0.961. The summed E-state index contributed by atoms with van der Waals surface area (Å²) in [5.41, 5.74) is 1.96. The van der Waals surface area contributed by atoms with E-state index in [0.717, 1.165) is 21.1 Å². The standard InChI is InChI=1S/C12H8BrN3/c13-11-7-9(16-6-2-5-15-16)8-12-10(11)3-1-4-14-12/h1-8H. The number of pyridine rings is 1. The van der Waals surface area contributed by atoms with Crippen molar-refractivity contribution in [1.29, 1.82) is 0 Å². The second-order valence-electron chi connectivity index (χ2n) is 3.45. The number of halogens is 1. The second-order valence-corrected chi connectivity index (χ2v) is 4.30. The highest BCUT2D eigenvalue weighted by atomic mass is 79.9. The summed E-state index contributed by atoms with van der Waals surface area (Å²) in [4.78, 5) is 4.34. The highest BCUT2D eigenvalue weighted by molar-refractivity contribution is 9.10. The van der Waals surface area contributed by atoms with Crippen molar-refractivity contribution in [1.82, 2.24) is 14.8 Å². The van der Waals surface area contributed by atoms with Crippen molar-refractivity contribution in [3.8, 4) is 5.69 Å². The average molecular weight is 274 g/mol. The third-order valence-corrected chi connectivity index (χ3v) is 3.08. The molecule has 4 heteroatoms. The SMILES string of the molecule is Brc1cc(-n2cccn2)cc2ncccc12. The van der Waals surface area contributed by atoms with E-state index in [4.69, 9.17) is 0 Å². The Hall–Kier alpha value is -1.68. The predicted octanol–water partition coefficient (Wildman–Crippen LogP) is 3.18. The van der Waals surface area contributed by atoms with Crippen LogP contribution >= 0.6 is 15.9 Å². The number of hydrogen-bond acceptors (Lipinski definition) is 2. The summed E-state index contributed by atoms with van der Waals surface area (Å²) < 4.78 is 2.85. The van der Waals surface area contributed by atoms with Crippen LogP contribution in [0.2, 0.25) is 0 Å². The first-order chi connectivity index (χ1) is 7.84. The lowest BCUT2D eigenvalue weighted by Crippen LogP contribution is -1.94. The van der Waals surface area contributed by atoms with Crippen molar-refractivity contribution in [3.05, 3.63) is 53.4 Å². The van der Waals surface area contributed by atoms with Crippen molar-refractivity contribution in [3.63, 3.8) is 0 Å². The third kappa shape index (κ3) is 1.51. The maximum absolute atomic E-state index is 4.34. The molecule has 3 aromatic rings. The van der Waals surface area contributed by atoms with Crippen LogP contribution in [0.4, 0.5) is 0 Å². The lowest BCUT2D eigenvalue weighted by molar-refractivity contribution is 0.881. The molecule has 78 valence electrons. The summed E-state index contributed by atoms with van der Waals surface area (Å²) in [5.74, 6) is 0. The number of nitrogens with zero attached hydrogens (tertiary/aromatic N) is 3. The first-order valence-corrected chi connectivity index (χ1v) is 5.68. The maximum atomic E-state index is 4.34. The molecule has 0 amide bonds. The van der Waals surface area contributed by atoms with Crippen LogP contribution in [0, 0.1) is 0 Å². The van der Waals surface area contributed by atoms with Crippen molar-refractivity contribution in [2.75, 3.05) is 0 Å². The number of fused-ring (bicyclic) bond motifs is 1. The normalized spacial score (nSPS) is 10.8. The Bertz CT molecular complexity index is 632. The maximum Gasteiger partial charge on any atom is 0.0734 e. The van der Waals surface area contributed by atoms with Gasteiger partial charge >= 0.3 is 0 Å². The molecule has 0 radical (unpaired) electrons. The largest absolute Gasteiger partial charge is 0.256 e. The Kier molecular flexibility index (Phi) is 2.22. The Morgan fingerprint density at radius 2 is 2.06 bits per heavy atom. The van der Waals surface area contributed by atoms with Gasteiger partial charge < -0.3 is 0 Å². The molecule has 0 atom stereocenters. The summed E-state index contributed by atoms with van der Waals surface area (Å²) in [6.45, 7) is 0. The Balaban J connectivity index is 2.29. The van der Waals surface area contributed by atoms with E-state index in [1.807, 2.05) is 41.2 Å². The van der Waals surface area contributed by atoms with Gasteiger partial charge in [-0.15, -0.1) is 0 Å². The Morgan fingerprint density at radius 1 is 1.12 bits per heavy atom. The van der Waals surface area contributed by atoms with E-state index in [2.05, 4.69) is 26.0 Å². The van der Waals surface area contributed by atoms with Gasteiger partial charge in [-0.25, -0.2) is 4.68 Å². The topological polar surface area (TPSA) is 30.7 Å². The third-order valence-electron chi connectivity index (χ3n) is 2.42. The molecule has 16 heavy (non-hydrogen) atoms.